The van der Waals surface area contributed by atoms with Gasteiger partial charge in [-0.3, -0.25) is 10.1 Å². The molecule has 0 saturated carbocycles. The molecule has 3 aromatic rings. The van der Waals surface area contributed by atoms with Gasteiger partial charge in [0.05, 0.1) is 0 Å². The Labute approximate surface area is 139 Å². The summed E-state index contributed by atoms with van der Waals surface area (Å²) < 4.78 is 10.9. The van der Waals surface area contributed by atoms with Crippen molar-refractivity contribution >= 4 is 11.9 Å². The molecule has 0 atom stereocenters. The fourth-order valence-corrected chi connectivity index (χ4v) is 2.31. The van der Waals surface area contributed by atoms with Gasteiger partial charge in [-0.1, -0.05) is 40.5 Å². The predicted octanol–water partition coefficient (Wildman–Crippen LogP) is 3.37. The maximum absolute atomic E-state index is 11.9. The van der Waals surface area contributed by atoms with Crippen LogP contribution in [-0.4, -0.2) is 22.7 Å². The second-order valence-electron chi connectivity index (χ2n) is 5.44. The van der Waals surface area contributed by atoms with E-state index in [1.54, 1.807) is 12.1 Å². The molecule has 1 N–H and O–H groups in total. The third-order valence-electron chi connectivity index (χ3n) is 3.25. The van der Waals surface area contributed by atoms with E-state index in [0.717, 1.165) is 16.7 Å². The molecular weight excluding hydrogens is 306 g/mol. The number of rotatable bonds is 5. The van der Waals surface area contributed by atoms with E-state index in [1.165, 1.54) is 0 Å². The third kappa shape index (κ3) is 3.98. The summed E-state index contributed by atoms with van der Waals surface area (Å²) in [5, 5.41) is 10.3. The lowest BCUT2D eigenvalue weighted by atomic mass is 10.1. The number of nitrogens with one attached hydrogen (secondary N) is 1. The highest BCUT2D eigenvalue weighted by Gasteiger charge is 2.12. The van der Waals surface area contributed by atoms with Gasteiger partial charge in [-0.05, 0) is 38.1 Å². The Kier molecular flexibility index (Phi) is 4.56. The molecular formula is C18H17N3O3. The summed E-state index contributed by atoms with van der Waals surface area (Å²) in [6.45, 7) is 3.86. The van der Waals surface area contributed by atoms with Crippen molar-refractivity contribution in [1.29, 1.82) is 0 Å². The van der Waals surface area contributed by atoms with E-state index >= 15 is 0 Å². The molecule has 0 unspecified atom stereocenters. The molecule has 24 heavy (non-hydrogen) atoms. The van der Waals surface area contributed by atoms with Gasteiger partial charge in [0.15, 0.2) is 6.61 Å². The van der Waals surface area contributed by atoms with Gasteiger partial charge in [0.25, 0.3) is 5.91 Å². The Bertz CT molecular complexity index is 823. The topological polar surface area (TPSA) is 77.2 Å². The van der Waals surface area contributed by atoms with Crippen LogP contribution >= 0.6 is 0 Å². The van der Waals surface area contributed by atoms with Gasteiger partial charge in [-0.2, -0.15) is 0 Å². The Morgan fingerprint density at radius 3 is 2.50 bits per heavy atom. The van der Waals surface area contributed by atoms with Crippen LogP contribution in [0.4, 0.5) is 6.01 Å². The Hall–Kier alpha value is -3.15. The van der Waals surface area contributed by atoms with Crippen LogP contribution in [0.3, 0.4) is 0 Å². The molecule has 0 radical (unpaired) electrons. The van der Waals surface area contributed by atoms with Crippen LogP contribution in [0.5, 0.6) is 5.75 Å². The van der Waals surface area contributed by atoms with Crippen molar-refractivity contribution in [2.75, 3.05) is 11.9 Å². The summed E-state index contributed by atoms with van der Waals surface area (Å²) in [5.41, 5.74) is 3.02. The first-order valence-corrected chi connectivity index (χ1v) is 7.50. The first kappa shape index (κ1) is 15.7. The van der Waals surface area contributed by atoms with Crippen molar-refractivity contribution in [3.8, 4) is 17.2 Å². The van der Waals surface area contributed by atoms with Crippen LogP contribution in [0.15, 0.2) is 52.9 Å². The van der Waals surface area contributed by atoms with Gasteiger partial charge in [0, 0.05) is 5.56 Å². The number of aryl methyl sites for hydroxylation is 2. The number of hydrogen-bond donors (Lipinski definition) is 1. The Morgan fingerprint density at radius 2 is 1.79 bits per heavy atom. The lowest BCUT2D eigenvalue weighted by molar-refractivity contribution is -0.118. The monoisotopic (exact) mass is 323 g/mol. The average molecular weight is 323 g/mol. The normalized spacial score (nSPS) is 10.4. The maximum atomic E-state index is 11.9. The second-order valence-corrected chi connectivity index (χ2v) is 5.44. The molecule has 6 nitrogen and oxygen atoms in total. The van der Waals surface area contributed by atoms with E-state index in [0.29, 0.717) is 11.6 Å². The van der Waals surface area contributed by atoms with E-state index in [4.69, 9.17) is 9.15 Å². The quantitative estimate of drug-likeness (QED) is 0.779. The Balaban J connectivity index is 1.62. The first-order chi connectivity index (χ1) is 11.6. The fraction of sp³-hybridized carbons (Fsp3) is 0.167. The van der Waals surface area contributed by atoms with Crippen LogP contribution in [0, 0.1) is 13.8 Å². The molecule has 0 aliphatic carbocycles. The smallest absolute Gasteiger partial charge is 0.322 e. The number of ether oxygens (including phenoxy) is 1. The molecule has 0 bridgehead atoms. The largest absolute Gasteiger partial charge is 0.484 e. The number of carbonyl (C=O) groups excluding carboxylic acids is 1. The van der Waals surface area contributed by atoms with Crippen molar-refractivity contribution in [1.82, 2.24) is 10.2 Å². The Morgan fingerprint density at radius 1 is 1.08 bits per heavy atom. The van der Waals surface area contributed by atoms with Crippen molar-refractivity contribution < 1.29 is 13.9 Å². The van der Waals surface area contributed by atoms with E-state index in [-0.39, 0.29) is 18.5 Å². The minimum absolute atomic E-state index is 0.0471. The van der Waals surface area contributed by atoms with Crippen molar-refractivity contribution in [3.05, 3.63) is 59.7 Å². The lowest BCUT2D eigenvalue weighted by Crippen LogP contribution is -2.20. The minimum Gasteiger partial charge on any atom is -0.484 e. The van der Waals surface area contributed by atoms with E-state index in [9.17, 15) is 4.79 Å². The number of nitrogens with zero attached hydrogens (tertiary/aromatic N) is 2. The molecule has 1 aromatic heterocycles. The fourth-order valence-electron chi connectivity index (χ4n) is 2.31. The molecule has 0 aliphatic rings. The highest BCUT2D eigenvalue weighted by molar-refractivity contribution is 5.89. The SMILES string of the molecule is Cc1cc(C)cc(-c2nnc(NC(=O)COc3ccccc3)o2)c1. The third-order valence-corrected chi connectivity index (χ3v) is 3.25. The molecule has 0 spiro atoms. The van der Waals surface area contributed by atoms with E-state index in [1.807, 2.05) is 44.2 Å². The first-order valence-electron chi connectivity index (χ1n) is 7.50. The standard InChI is InChI=1S/C18H17N3O3/c1-12-8-13(2)10-14(9-12)17-20-21-18(24-17)19-16(22)11-23-15-6-4-3-5-7-15/h3-10H,11H2,1-2H3,(H,19,21,22). The number of anilines is 1. The van der Waals surface area contributed by atoms with E-state index < -0.39 is 0 Å². The summed E-state index contributed by atoms with van der Waals surface area (Å²) in [4.78, 5) is 11.9. The number of benzene rings is 2. The van der Waals surface area contributed by atoms with Crippen LogP contribution in [0.1, 0.15) is 11.1 Å². The van der Waals surface area contributed by atoms with Gasteiger partial charge >= 0.3 is 6.01 Å². The van der Waals surface area contributed by atoms with Crippen molar-refractivity contribution in [2.45, 2.75) is 13.8 Å². The van der Waals surface area contributed by atoms with Crippen LogP contribution < -0.4 is 10.1 Å². The highest BCUT2D eigenvalue weighted by atomic mass is 16.5. The van der Waals surface area contributed by atoms with E-state index in [2.05, 4.69) is 21.6 Å². The maximum Gasteiger partial charge on any atom is 0.322 e. The number of para-hydroxylation sites is 1. The zero-order valence-electron chi connectivity index (χ0n) is 13.4. The lowest BCUT2D eigenvalue weighted by Gasteiger charge is -2.04. The predicted molar refractivity (Wildman–Crippen MR) is 89.8 cm³/mol. The minimum atomic E-state index is -0.366. The summed E-state index contributed by atoms with van der Waals surface area (Å²) in [6.07, 6.45) is 0. The summed E-state index contributed by atoms with van der Waals surface area (Å²) in [6, 6.07) is 15.1. The van der Waals surface area contributed by atoms with Gasteiger partial charge in [-0.15, -0.1) is 5.10 Å². The molecule has 3 rings (SSSR count). The molecule has 1 heterocycles. The van der Waals surface area contributed by atoms with Crippen LogP contribution in [0.2, 0.25) is 0 Å². The zero-order valence-corrected chi connectivity index (χ0v) is 13.4. The average Bonchev–Trinajstić information content (AvgIpc) is 3.01. The molecule has 0 saturated heterocycles. The van der Waals surface area contributed by atoms with Gasteiger partial charge in [0.2, 0.25) is 5.89 Å². The van der Waals surface area contributed by atoms with Crippen LogP contribution in [-0.2, 0) is 4.79 Å². The summed E-state index contributed by atoms with van der Waals surface area (Å²) in [7, 11) is 0. The zero-order chi connectivity index (χ0) is 16.9. The number of aromatic nitrogens is 2. The second kappa shape index (κ2) is 6.95. The van der Waals surface area contributed by atoms with Gasteiger partial charge in [0.1, 0.15) is 5.75 Å². The van der Waals surface area contributed by atoms with Gasteiger partial charge in [-0.25, -0.2) is 0 Å². The number of amides is 1. The number of hydrogen-bond acceptors (Lipinski definition) is 5. The number of carbonyl (C=O) groups is 1. The van der Waals surface area contributed by atoms with Crippen molar-refractivity contribution in [3.63, 3.8) is 0 Å². The van der Waals surface area contributed by atoms with Gasteiger partial charge < -0.3 is 9.15 Å². The summed E-state index contributed by atoms with van der Waals surface area (Å²) in [5.74, 6) is 0.615. The highest BCUT2D eigenvalue weighted by Crippen LogP contribution is 2.22. The molecule has 1 amide bonds. The van der Waals surface area contributed by atoms with Crippen molar-refractivity contribution in [2.24, 2.45) is 0 Å². The molecule has 0 fully saturated rings. The molecule has 0 aliphatic heterocycles. The molecule has 6 heteroatoms. The van der Waals surface area contributed by atoms with Crippen LogP contribution in [0.25, 0.3) is 11.5 Å². The molecule has 2 aromatic carbocycles. The molecule has 122 valence electrons. The summed E-state index contributed by atoms with van der Waals surface area (Å²) >= 11 is 0.